The Kier molecular flexibility index (Phi) is 3.80. The summed E-state index contributed by atoms with van der Waals surface area (Å²) in [6, 6.07) is 7.37. The van der Waals surface area contributed by atoms with Crippen LogP contribution in [0.15, 0.2) is 22.7 Å². The van der Waals surface area contributed by atoms with Crippen LogP contribution in [0.25, 0.3) is 0 Å². The molecule has 0 saturated carbocycles. The van der Waals surface area contributed by atoms with E-state index < -0.39 is 0 Å². The van der Waals surface area contributed by atoms with E-state index in [0.717, 1.165) is 0 Å². The molecule has 5 nitrogen and oxygen atoms in total. The van der Waals surface area contributed by atoms with Crippen LogP contribution in [0, 0.1) is 18.3 Å². The maximum absolute atomic E-state index is 9.00. The highest BCUT2D eigenvalue weighted by atomic mass is 35.5. The third-order valence-electron chi connectivity index (χ3n) is 2.36. The van der Waals surface area contributed by atoms with E-state index in [2.05, 4.69) is 21.5 Å². The van der Waals surface area contributed by atoms with Gasteiger partial charge in [-0.2, -0.15) is 10.2 Å². The molecule has 0 aliphatic rings. The number of hydrogen-bond acceptors (Lipinski definition) is 5. The van der Waals surface area contributed by atoms with Gasteiger partial charge in [0.2, 0.25) is 5.89 Å². The minimum absolute atomic E-state index is 0.443. The number of rotatable bonds is 4. The van der Waals surface area contributed by atoms with Crippen molar-refractivity contribution in [3.63, 3.8) is 0 Å². The zero-order valence-corrected chi connectivity index (χ0v) is 10.5. The molecule has 0 unspecified atom stereocenters. The molecular weight excluding hydrogens is 252 g/mol. The Bertz CT molecular complexity index is 588. The van der Waals surface area contributed by atoms with Crippen LogP contribution in [0.1, 0.15) is 17.3 Å². The number of nitriles is 1. The van der Waals surface area contributed by atoms with Gasteiger partial charge in [-0.05, 0) is 12.1 Å². The number of aryl methyl sites for hydroxylation is 1. The molecule has 1 N–H and O–H groups in total. The van der Waals surface area contributed by atoms with Gasteiger partial charge in [0.15, 0.2) is 5.82 Å². The van der Waals surface area contributed by atoms with E-state index in [4.69, 9.17) is 21.4 Å². The number of aromatic nitrogens is 2. The molecule has 2 aromatic rings. The van der Waals surface area contributed by atoms with Crippen LogP contribution in [0.4, 0.5) is 5.69 Å². The van der Waals surface area contributed by atoms with Crippen LogP contribution in [0.5, 0.6) is 0 Å². The summed E-state index contributed by atoms with van der Waals surface area (Å²) in [4.78, 5) is 4.09. The van der Waals surface area contributed by atoms with Crippen LogP contribution in [-0.4, -0.2) is 16.7 Å². The van der Waals surface area contributed by atoms with Gasteiger partial charge in [0.1, 0.15) is 6.07 Å². The molecule has 0 radical (unpaired) electrons. The molecule has 1 aromatic heterocycles. The molecule has 0 fully saturated rings. The first-order valence-electron chi connectivity index (χ1n) is 5.42. The van der Waals surface area contributed by atoms with E-state index in [1.807, 2.05) is 6.07 Å². The van der Waals surface area contributed by atoms with E-state index >= 15 is 0 Å². The second kappa shape index (κ2) is 5.52. The van der Waals surface area contributed by atoms with Gasteiger partial charge in [-0.25, -0.2) is 0 Å². The summed E-state index contributed by atoms with van der Waals surface area (Å²) in [5, 5.41) is 16.4. The van der Waals surface area contributed by atoms with Crippen LogP contribution >= 0.6 is 11.6 Å². The smallest absolute Gasteiger partial charge is 0.223 e. The Morgan fingerprint density at radius 1 is 1.50 bits per heavy atom. The number of halogens is 1. The normalized spacial score (nSPS) is 10.1. The van der Waals surface area contributed by atoms with Gasteiger partial charge in [0.05, 0.1) is 16.3 Å². The van der Waals surface area contributed by atoms with E-state index in [9.17, 15) is 0 Å². The average Bonchev–Trinajstić information content (AvgIpc) is 2.75. The van der Waals surface area contributed by atoms with Crippen LogP contribution in [0.3, 0.4) is 0 Å². The fourth-order valence-electron chi connectivity index (χ4n) is 1.54. The first-order chi connectivity index (χ1) is 8.70. The molecule has 0 saturated heterocycles. The van der Waals surface area contributed by atoms with E-state index in [-0.39, 0.29) is 0 Å². The lowest BCUT2D eigenvalue weighted by Crippen LogP contribution is -2.07. The molecule has 1 heterocycles. The van der Waals surface area contributed by atoms with E-state index in [0.29, 0.717) is 41.0 Å². The predicted molar refractivity (Wildman–Crippen MR) is 67.4 cm³/mol. The van der Waals surface area contributed by atoms with E-state index in [1.165, 1.54) is 0 Å². The van der Waals surface area contributed by atoms with Crippen molar-refractivity contribution in [2.45, 2.75) is 13.3 Å². The summed E-state index contributed by atoms with van der Waals surface area (Å²) in [7, 11) is 0. The summed E-state index contributed by atoms with van der Waals surface area (Å²) in [5.41, 5.74) is 1.16. The topological polar surface area (TPSA) is 74.7 Å². The monoisotopic (exact) mass is 262 g/mol. The van der Waals surface area contributed by atoms with Gasteiger partial charge in [-0.15, -0.1) is 0 Å². The van der Waals surface area contributed by atoms with Crippen molar-refractivity contribution in [2.75, 3.05) is 11.9 Å². The van der Waals surface area contributed by atoms with Crippen molar-refractivity contribution in [1.29, 1.82) is 5.26 Å². The van der Waals surface area contributed by atoms with Crippen molar-refractivity contribution < 1.29 is 4.52 Å². The standard InChI is InChI=1S/C12H11ClN4O/c1-8-16-12(17-18-8)5-6-15-11-4-2-3-10(13)9(11)7-14/h2-4,15H,5-6H2,1H3. The Morgan fingerprint density at radius 2 is 2.33 bits per heavy atom. The van der Waals surface area contributed by atoms with Gasteiger partial charge < -0.3 is 9.84 Å². The average molecular weight is 263 g/mol. The predicted octanol–water partition coefficient (Wildman–Crippen LogP) is 2.56. The maximum Gasteiger partial charge on any atom is 0.223 e. The highest BCUT2D eigenvalue weighted by Crippen LogP contribution is 2.22. The summed E-state index contributed by atoms with van der Waals surface area (Å²) in [5.74, 6) is 1.19. The van der Waals surface area contributed by atoms with Gasteiger partial charge in [-0.1, -0.05) is 22.8 Å². The minimum atomic E-state index is 0.443. The number of nitrogens with one attached hydrogen (secondary N) is 1. The van der Waals surface area contributed by atoms with Gasteiger partial charge >= 0.3 is 0 Å². The highest BCUT2D eigenvalue weighted by molar-refractivity contribution is 6.32. The molecule has 0 atom stereocenters. The largest absolute Gasteiger partial charge is 0.383 e. The number of benzene rings is 1. The molecule has 0 aliphatic heterocycles. The maximum atomic E-state index is 9.00. The zero-order valence-electron chi connectivity index (χ0n) is 9.77. The van der Waals surface area contributed by atoms with Crippen molar-refractivity contribution in [3.8, 4) is 6.07 Å². The Labute approximate surface area is 109 Å². The third kappa shape index (κ3) is 2.79. The molecule has 18 heavy (non-hydrogen) atoms. The molecular formula is C12H11ClN4O. The first kappa shape index (κ1) is 12.4. The van der Waals surface area contributed by atoms with Crippen molar-refractivity contribution in [1.82, 2.24) is 10.1 Å². The van der Waals surface area contributed by atoms with Crippen LogP contribution in [-0.2, 0) is 6.42 Å². The number of nitrogens with zero attached hydrogens (tertiary/aromatic N) is 3. The summed E-state index contributed by atoms with van der Waals surface area (Å²) >= 11 is 5.93. The molecule has 92 valence electrons. The van der Waals surface area contributed by atoms with Crippen molar-refractivity contribution in [3.05, 3.63) is 40.5 Å². The fraction of sp³-hybridized carbons (Fsp3) is 0.250. The molecule has 1 aromatic carbocycles. The first-order valence-corrected chi connectivity index (χ1v) is 5.80. The van der Waals surface area contributed by atoms with Gasteiger partial charge in [0.25, 0.3) is 0 Å². The van der Waals surface area contributed by atoms with Crippen LogP contribution in [0.2, 0.25) is 5.02 Å². The Hall–Kier alpha value is -2.06. The number of hydrogen-bond donors (Lipinski definition) is 1. The molecule has 0 aliphatic carbocycles. The van der Waals surface area contributed by atoms with Crippen molar-refractivity contribution >= 4 is 17.3 Å². The summed E-state index contributed by atoms with van der Waals surface area (Å²) < 4.78 is 4.87. The Morgan fingerprint density at radius 3 is 3.00 bits per heavy atom. The van der Waals surface area contributed by atoms with Gasteiger partial charge in [0, 0.05) is 19.9 Å². The van der Waals surface area contributed by atoms with Gasteiger partial charge in [-0.3, -0.25) is 0 Å². The second-order valence-corrected chi connectivity index (χ2v) is 4.09. The second-order valence-electron chi connectivity index (χ2n) is 3.68. The molecule has 0 amide bonds. The van der Waals surface area contributed by atoms with E-state index in [1.54, 1.807) is 19.1 Å². The quantitative estimate of drug-likeness (QED) is 0.916. The molecule has 0 bridgehead atoms. The molecule has 2 rings (SSSR count). The lowest BCUT2D eigenvalue weighted by Gasteiger charge is -2.07. The zero-order chi connectivity index (χ0) is 13.0. The summed E-state index contributed by atoms with van der Waals surface area (Å²) in [6.45, 7) is 2.35. The number of anilines is 1. The Balaban J connectivity index is 1.99. The van der Waals surface area contributed by atoms with Crippen LogP contribution < -0.4 is 5.32 Å². The molecule has 0 spiro atoms. The SMILES string of the molecule is Cc1nc(CCNc2cccc(Cl)c2C#N)no1. The fourth-order valence-corrected chi connectivity index (χ4v) is 1.75. The third-order valence-corrected chi connectivity index (χ3v) is 2.67. The summed E-state index contributed by atoms with van der Waals surface area (Å²) in [6.07, 6.45) is 0.620. The lowest BCUT2D eigenvalue weighted by molar-refractivity contribution is 0.387. The minimum Gasteiger partial charge on any atom is -0.383 e. The highest BCUT2D eigenvalue weighted by Gasteiger charge is 2.06. The van der Waals surface area contributed by atoms with Crippen molar-refractivity contribution in [2.24, 2.45) is 0 Å². The lowest BCUT2D eigenvalue weighted by atomic mass is 10.2. The molecule has 6 heteroatoms.